The largest absolute Gasteiger partial charge is 0.303 e. The molecule has 1 aliphatic carbocycles. The zero-order valence-corrected chi connectivity index (χ0v) is 11.0. The quantitative estimate of drug-likeness (QED) is 0.687. The van der Waals surface area contributed by atoms with E-state index in [0.29, 0.717) is 10.8 Å². The maximum absolute atomic E-state index is 2.68. The van der Waals surface area contributed by atoms with Crippen LogP contribution in [0.3, 0.4) is 0 Å². The van der Waals surface area contributed by atoms with Gasteiger partial charge in [-0.1, -0.05) is 27.7 Å². The van der Waals surface area contributed by atoms with Crippen LogP contribution >= 0.6 is 0 Å². The summed E-state index contributed by atoms with van der Waals surface area (Å²) >= 11 is 0. The molecule has 1 atom stereocenters. The Kier molecular flexibility index (Phi) is 2.87. The number of likely N-dealkylation sites (tertiary alicyclic amines) is 1. The summed E-state index contributed by atoms with van der Waals surface area (Å²) < 4.78 is 0. The summed E-state index contributed by atoms with van der Waals surface area (Å²) in [5.74, 6) is 0.940. The number of rotatable bonds is 3. The lowest BCUT2D eigenvalue weighted by Crippen LogP contribution is -2.29. The molecule has 1 saturated carbocycles. The van der Waals surface area contributed by atoms with Crippen LogP contribution in [-0.4, -0.2) is 24.5 Å². The predicted molar refractivity (Wildman–Crippen MR) is 66.0 cm³/mol. The Bertz CT molecular complexity index is 222. The van der Waals surface area contributed by atoms with Crippen LogP contribution in [0.4, 0.5) is 0 Å². The fourth-order valence-corrected chi connectivity index (χ4v) is 3.13. The van der Waals surface area contributed by atoms with E-state index in [4.69, 9.17) is 0 Å². The molecule has 1 nitrogen and oxygen atoms in total. The maximum atomic E-state index is 2.68. The number of nitrogens with zero attached hydrogens (tertiary/aromatic N) is 1. The van der Waals surface area contributed by atoms with Gasteiger partial charge < -0.3 is 4.90 Å². The minimum Gasteiger partial charge on any atom is -0.303 e. The fourth-order valence-electron chi connectivity index (χ4n) is 3.13. The molecule has 0 radical (unpaired) electrons. The first kappa shape index (κ1) is 11.4. The minimum atomic E-state index is 0.526. The molecular formula is C14H27N. The second kappa shape index (κ2) is 3.76. The SMILES string of the molecule is CC1CCN(CCC2(C(C)(C)C)CC2)C1. The monoisotopic (exact) mass is 209 g/mol. The van der Waals surface area contributed by atoms with Gasteiger partial charge in [0, 0.05) is 6.54 Å². The Balaban J connectivity index is 1.79. The number of hydrogen-bond acceptors (Lipinski definition) is 1. The summed E-state index contributed by atoms with van der Waals surface area (Å²) in [4.78, 5) is 2.68. The summed E-state index contributed by atoms with van der Waals surface area (Å²) in [6.07, 6.45) is 5.80. The van der Waals surface area contributed by atoms with Crippen molar-refractivity contribution in [3.8, 4) is 0 Å². The summed E-state index contributed by atoms with van der Waals surface area (Å²) in [7, 11) is 0. The Hall–Kier alpha value is -0.0400. The standard InChI is InChI=1S/C14H27N/c1-12-5-9-15(11-12)10-8-14(6-7-14)13(2,3)4/h12H,5-11H2,1-4H3. The Morgan fingerprint density at radius 3 is 2.33 bits per heavy atom. The van der Waals surface area contributed by atoms with Crippen molar-refractivity contribution in [2.45, 2.75) is 53.4 Å². The van der Waals surface area contributed by atoms with Crippen LogP contribution in [0.2, 0.25) is 0 Å². The van der Waals surface area contributed by atoms with Crippen molar-refractivity contribution in [1.29, 1.82) is 0 Å². The normalized spacial score (nSPS) is 30.8. The van der Waals surface area contributed by atoms with Crippen LogP contribution < -0.4 is 0 Å². The Morgan fingerprint density at radius 2 is 1.93 bits per heavy atom. The van der Waals surface area contributed by atoms with E-state index in [1.54, 1.807) is 0 Å². The van der Waals surface area contributed by atoms with E-state index in [2.05, 4.69) is 32.6 Å². The van der Waals surface area contributed by atoms with Crippen molar-refractivity contribution in [2.75, 3.05) is 19.6 Å². The van der Waals surface area contributed by atoms with E-state index in [0.717, 1.165) is 5.92 Å². The Labute approximate surface area is 95.2 Å². The topological polar surface area (TPSA) is 3.24 Å². The van der Waals surface area contributed by atoms with Gasteiger partial charge in [-0.15, -0.1) is 0 Å². The maximum Gasteiger partial charge on any atom is 0.000750 e. The van der Waals surface area contributed by atoms with Gasteiger partial charge in [-0.3, -0.25) is 0 Å². The summed E-state index contributed by atoms with van der Waals surface area (Å²) in [6, 6.07) is 0. The highest BCUT2D eigenvalue weighted by Crippen LogP contribution is 2.60. The highest BCUT2D eigenvalue weighted by Gasteiger charge is 2.51. The molecule has 1 heteroatoms. The third-order valence-corrected chi connectivity index (χ3v) is 4.86. The van der Waals surface area contributed by atoms with Crippen molar-refractivity contribution in [3.63, 3.8) is 0 Å². The lowest BCUT2D eigenvalue weighted by atomic mass is 9.75. The fraction of sp³-hybridized carbons (Fsp3) is 1.00. The number of hydrogen-bond donors (Lipinski definition) is 0. The van der Waals surface area contributed by atoms with Crippen LogP contribution in [0.15, 0.2) is 0 Å². The molecular weight excluding hydrogens is 182 g/mol. The van der Waals surface area contributed by atoms with Crippen LogP contribution in [-0.2, 0) is 0 Å². The molecule has 1 heterocycles. The van der Waals surface area contributed by atoms with Gasteiger partial charge in [0.2, 0.25) is 0 Å². The highest BCUT2D eigenvalue weighted by atomic mass is 15.1. The van der Waals surface area contributed by atoms with E-state index in [9.17, 15) is 0 Å². The summed E-state index contributed by atoms with van der Waals surface area (Å²) in [6.45, 7) is 13.7. The van der Waals surface area contributed by atoms with Crippen LogP contribution in [0, 0.1) is 16.7 Å². The second-order valence-electron chi connectivity index (χ2n) is 6.97. The van der Waals surface area contributed by atoms with Crippen molar-refractivity contribution in [2.24, 2.45) is 16.7 Å². The molecule has 0 amide bonds. The summed E-state index contributed by atoms with van der Waals surface area (Å²) in [5, 5.41) is 0. The zero-order valence-electron chi connectivity index (χ0n) is 11.0. The first-order chi connectivity index (χ1) is 6.93. The van der Waals surface area contributed by atoms with Gasteiger partial charge in [-0.2, -0.15) is 0 Å². The average molecular weight is 209 g/mol. The molecule has 1 aliphatic heterocycles. The highest BCUT2D eigenvalue weighted by molar-refractivity contribution is 5.01. The van der Waals surface area contributed by atoms with E-state index >= 15 is 0 Å². The first-order valence-electron chi connectivity index (χ1n) is 6.65. The molecule has 0 aromatic rings. The smallest absolute Gasteiger partial charge is 0.000750 e. The molecule has 0 spiro atoms. The molecule has 0 aromatic heterocycles. The third kappa shape index (κ3) is 2.38. The average Bonchev–Trinajstić information content (AvgIpc) is 2.82. The zero-order chi connectivity index (χ0) is 11.1. The van der Waals surface area contributed by atoms with Crippen molar-refractivity contribution in [1.82, 2.24) is 4.90 Å². The van der Waals surface area contributed by atoms with Gasteiger partial charge in [-0.25, -0.2) is 0 Å². The van der Waals surface area contributed by atoms with E-state index in [1.165, 1.54) is 45.3 Å². The van der Waals surface area contributed by atoms with Gasteiger partial charge >= 0.3 is 0 Å². The molecule has 2 fully saturated rings. The second-order valence-corrected chi connectivity index (χ2v) is 6.97. The predicted octanol–water partition coefficient (Wildman–Crippen LogP) is 3.54. The van der Waals surface area contributed by atoms with E-state index < -0.39 is 0 Å². The molecule has 2 rings (SSSR count). The molecule has 0 aromatic carbocycles. The lowest BCUT2D eigenvalue weighted by molar-refractivity contribution is 0.171. The van der Waals surface area contributed by atoms with Crippen LogP contribution in [0.25, 0.3) is 0 Å². The molecule has 2 aliphatic rings. The molecule has 1 unspecified atom stereocenters. The molecule has 0 bridgehead atoms. The Morgan fingerprint density at radius 1 is 1.27 bits per heavy atom. The van der Waals surface area contributed by atoms with Crippen molar-refractivity contribution >= 4 is 0 Å². The van der Waals surface area contributed by atoms with E-state index in [-0.39, 0.29) is 0 Å². The lowest BCUT2D eigenvalue weighted by Gasteiger charge is -2.32. The van der Waals surface area contributed by atoms with Crippen LogP contribution in [0.5, 0.6) is 0 Å². The first-order valence-corrected chi connectivity index (χ1v) is 6.65. The molecule has 88 valence electrons. The van der Waals surface area contributed by atoms with Gasteiger partial charge in [0.15, 0.2) is 0 Å². The third-order valence-electron chi connectivity index (χ3n) is 4.86. The van der Waals surface area contributed by atoms with E-state index in [1.807, 2.05) is 0 Å². The van der Waals surface area contributed by atoms with Gasteiger partial charge in [-0.05, 0) is 55.5 Å². The van der Waals surface area contributed by atoms with Crippen molar-refractivity contribution in [3.05, 3.63) is 0 Å². The van der Waals surface area contributed by atoms with Crippen LogP contribution in [0.1, 0.15) is 53.4 Å². The van der Waals surface area contributed by atoms with Gasteiger partial charge in [0.05, 0.1) is 0 Å². The molecule has 0 N–H and O–H groups in total. The summed E-state index contributed by atoms with van der Waals surface area (Å²) in [5.41, 5.74) is 1.22. The van der Waals surface area contributed by atoms with Gasteiger partial charge in [0.1, 0.15) is 0 Å². The van der Waals surface area contributed by atoms with Crippen molar-refractivity contribution < 1.29 is 0 Å². The minimum absolute atomic E-state index is 0.526. The molecule has 15 heavy (non-hydrogen) atoms. The van der Waals surface area contributed by atoms with Gasteiger partial charge in [0.25, 0.3) is 0 Å². The molecule has 1 saturated heterocycles.